The minimum Gasteiger partial charge on any atom is -0.493 e. The molecule has 0 atom stereocenters. The van der Waals surface area contributed by atoms with Gasteiger partial charge in [0.25, 0.3) is 0 Å². The van der Waals surface area contributed by atoms with Crippen molar-refractivity contribution in [3.8, 4) is 22.9 Å². The van der Waals surface area contributed by atoms with Crippen molar-refractivity contribution in [2.45, 2.75) is 32.9 Å². The highest BCUT2D eigenvalue weighted by Crippen LogP contribution is 2.31. The summed E-state index contributed by atoms with van der Waals surface area (Å²) in [5.74, 6) is 1.83. The first-order valence-electron chi connectivity index (χ1n) is 7.34. The van der Waals surface area contributed by atoms with Crippen LogP contribution in [-0.4, -0.2) is 36.1 Å². The van der Waals surface area contributed by atoms with Crippen LogP contribution in [0.5, 0.6) is 11.5 Å². The molecular formula is C16H21N3O5. The normalized spacial score (nSPS) is 11.0. The van der Waals surface area contributed by atoms with Gasteiger partial charge in [-0.1, -0.05) is 5.16 Å². The van der Waals surface area contributed by atoms with Gasteiger partial charge < -0.3 is 24.1 Å². The van der Waals surface area contributed by atoms with Gasteiger partial charge in [-0.15, -0.1) is 0 Å². The summed E-state index contributed by atoms with van der Waals surface area (Å²) in [7, 11) is 3.11. The molecule has 0 saturated heterocycles. The molecule has 0 bridgehead atoms. The minimum absolute atomic E-state index is 0.0786. The number of methoxy groups -OCH3 is 2. The maximum Gasteiger partial charge on any atom is 0.408 e. The Bertz CT molecular complexity index is 706. The zero-order valence-corrected chi connectivity index (χ0v) is 14.4. The topological polar surface area (TPSA) is 95.7 Å². The number of aromatic nitrogens is 2. The van der Waals surface area contributed by atoms with Gasteiger partial charge >= 0.3 is 6.09 Å². The van der Waals surface area contributed by atoms with Gasteiger partial charge in [0.1, 0.15) is 12.1 Å². The third-order valence-electron chi connectivity index (χ3n) is 2.89. The lowest BCUT2D eigenvalue weighted by molar-refractivity contribution is 0.0518. The van der Waals surface area contributed by atoms with Gasteiger partial charge in [0.05, 0.1) is 14.2 Å². The highest BCUT2D eigenvalue weighted by atomic mass is 16.6. The lowest BCUT2D eigenvalue weighted by Crippen LogP contribution is -2.32. The van der Waals surface area contributed by atoms with E-state index in [9.17, 15) is 4.79 Å². The summed E-state index contributed by atoms with van der Waals surface area (Å²) >= 11 is 0. The van der Waals surface area contributed by atoms with Crippen LogP contribution in [0, 0.1) is 0 Å². The first kappa shape index (κ1) is 17.6. The second-order valence-electron chi connectivity index (χ2n) is 5.94. The summed E-state index contributed by atoms with van der Waals surface area (Å²) in [6, 6.07) is 5.29. The Labute approximate surface area is 140 Å². The van der Waals surface area contributed by atoms with E-state index in [1.165, 1.54) is 0 Å². The van der Waals surface area contributed by atoms with Crippen LogP contribution in [0.25, 0.3) is 11.4 Å². The molecule has 0 radical (unpaired) electrons. The number of ether oxygens (including phenoxy) is 3. The molecule has 8 nitrogen and oxygen atoms in total. The maximum atomic E-state index is 11.6. The number of hydrogen-bond donors (Lipinski definition) is 1. The van der Waals surface area contributed by atoms with Crippen molar-refractivity contribution in [2.75, 3.05) is 14.2 Å². The predicted octanol–water partition coefficient (Wildman–Crippen LogP) is 2.78. The number of alkyl carbamates (subject to hydrolysis) is 1. The van der Waals surface area contributed by atoms with E-state index < -0.39 is 11.7 Å². The standard InChI is InChI=1S/C16H21N3O5/c1-16(2,3)23-15(20)17-9-13-18-14(19-24-13)10-6-7-11(21-4)12(8-10)22-5/h6-8H,9H2,1-5H3,(H,17,20). The molecule has 1 heterocycles. The number of carbonyl (C=O) groups is 1. The molecule has 24 heavy (non-hydrogen) atoms. The average molecular weight is 335 g/mol. The summed E-state index contributed by atoms with van der Waals surface area (Å²) in [6.07, 6.45) is -0.548. The Morgan fingerprint density at radius 1 is 1.21 bits per heavy atom. The van der Waals surface area contributed by atoms with E-state index in [4.69, 9.17) is 18.7 Å². The van der Waals surface area contributed by atoms with Crippen molar-refractivity contribution >= 4 is 6.09 Å². The zero-order valence-electron chi connectivity index (χ0n) is 14.4. The fourth-order valence-electron chi connectivity index (χ4n) is 1.88. The molecule has 1 N–H and O–H groups in total. The molecule has 0 unspecified atom stereocenters. The van der Waals surface area contributed by atoms with Gasteiger partial charge in [0, 0.05) is 5.56 Å². The van der Waals surface area contributed by atoms with Crippen LogP contribution in [0.1, 0.15) is 26.7 Å². The van der Waals surface area contributed by atoms with E-state index in [0.29, 0.717) is 22.9 Å². The number of amides is 1. The second-order valence-corrected chi connectivity index (χ2v) is 5.94. The van der Waals surface area contributed by atoms with Crippen LogP contribution in [0.15, 0.2) is 22.7 Å². The number of rotatable bonds is 5. The van der Waals surface area contributed by atoms with Crippen molar-refractivity contribution in [1.82, 2.24) is 15.5 Å². The molecule has 1 aromatic carbocycles. The van der Waals surface area contributed by atoms with E-state index in [-0.39, 0.29) is 12.4 Å². The number of benzene rings is 1. The molecule has 1 aromatic heterocycles. The Hall–Kier alpha value is -2.77. The number of nitrogens with zero attached hydrogens (tertiary/aromatic N) is 2. The second kappa shape index (κ2) is 7.20. The molecule has 0 saturated carbocycles. The number of hydrogen-bond acceptors (Lipinski definition) is 7. The summed E-state index contributed by atoms with van der Waals surface area (Å²) in [4.78, 5) is 15.8. The van der Waals surface area contributed by atoms with Crippen LogP contribution in [0.4, 0.5) is 4.79 Å². The Morgan fingerprint density at radius 3 is 2.54 bits per heavy atom. The monoisotopic (exact) mass is 335 g/mol. The van der Waals surface area contributed by atoms with Crippen LogP contribution >= 0.6 is 0 Å². The number of nitrogens with one attached hydrogen (secondary N) is 1. The molecule has 1 amide bonds. The fraction of sp³-hybridized carbons (Fsp3) is 0.438. The van der Waals surface area contributed by atoms with Gasteiger partial charge in [-0.05, 0) is 39.0 Å². The minimum atomic E-state index is -0.566. The number of carbonyl (C=O) groups excluding carboxylic acids is 1. The Kier molecular flexibility index (Phi) is 5.28. The zero-order chi connectivity index (χ0) is 17.7. The van der Waals surface area contributed by atoms with Crippen molar-refractivity contribution in [3.63, 3.8) is 0 Å². The summed E-state index contributed by atoms with van der Waals surface area (Å²) in [5, 5.41) is 6.45. The molecule has 0 aliphatic rings. The summed E-state index contributed by atoms with van der Waals surface area (Å²) in [5.41, 5.74) is 0.143. The quantitative estimate of drug-likeness (QED) is 0.897. The van der Waals surface area contributed by atoms with Crippen LogP contribution < -0.4 is 14.8 Å². The smallest absolute Gasteiger partial charge is 0.408 e. The maximum absolute atomic E-state index is 11.6. The van der Waals surface area contributed by atoms with E-state index in [2.05, 4.69) is 15.5 Å². The van der Waals surface area contributed by atoms with Crippen LogP contribution in [0.2, 0.25) is 0 Å². The van der Waals surface area contributed by atoms with Crippen LogP contribution in [-0.2, 0) is 11.3 Å². The van der Waals surface area contributed by atoms with E-state index in [0.717, 1.165) is 0 Å². The van der Waals surface area contributed by atoms with Crippen LogP contribution in [0.3, 0.4) is 0 Å². The van der Waals surface area contributed by atoms with Gasteiger partial charge in [0.2, 0.25) is 11.7 Å². The SMILES string of the molecule is COc1ccc(-c2noc(CNC(=O)OC(C)(C)C)n2)cc1OC. The predicted molar refractivity (Wildman–Crippen MR) is 85.9 cm³/mol. The van der Waals surface area contributed by atoms with E-state index in [1.54, 1.807) is 53.2 Å². The highest BCUT2D eigenvalue weighted by molar-refractivity contribution is 5.67. The van der Waals surface area contributed by atoms with Gasteiger partial charge in [0.15, 0.2) is 11.5 Å². The summed E-state index contributed by atoms with van der Waals surface area (Å²) in [6.45, 7) is 5.44. The largest absolute Gasteiger partial charge is 0.493 e. The molecule has 0 aliphatic heterocycles. The van der Waals surface area contributed by atoms with E-state index >= 15 is 0 Å². The highest BCUT2D eigenvalue weighted by Gasteiger charge is 2.17. The van der Waals surface area contributed by atoms with Crippen molar-refractivity contribution < 1.29 is 23.5 Å². The molecule has 0 fully saturated rings. The molecule has 2 rings (SSSR count). The third-order valence-corrected chi connectivity index (χ3v) is 2.89. The van der Waals surface area contributed by atoms with Crippen molar-refractivity contribution in [2.24, 2.45) is 0 Å². The summed E-state index contributed by atoms with van der Waals surface area (Å²) < 4.78 is 20.7. The molecule has 0 aliphatic carbocycles. The Balaban J connectivity index is 2.04. The molecule has 8 heteroatoms. The fourth-order valence-corrected chi connectivity index (χ4v) is 1.88. The Morgan fingerprint density at radius 2 is 1.92 bits per heavy atom. The van der Waals surface area contributed by atoms with Gasteiger partial charge in [-0.25, -0.2) is 4.79 Å². The first-order valence-corrected chi connectivity index (χ1v) is 7.34. The first-order chi connectivity index (χ1) is 11.3. The molecular weight excluding hydrogens is 314 g/mol. The lowest BCUT2D eigenvalue weighted by atomic mass is 10.2. The lowest BCUT2D eigenvalue weighted by Gasteiger charge is -2.19. The average Bonchev–Trinajstić information content (AvgIpc) is 2.99. The van der Waals surface area contributed by atoms with Crippen molar-refractivity contribution in [1.29, 1.82) is 0 Å². The molecule has 130 valence electrons. The van der Waals surface area contributed by atoms with Gasteiger partial charge in [-0.2, -0.15) is 4.98 Å². The van der Waals surface area contributed by atoms with Crippen molar-refractivity contribution in [3.05, 3.63) is 24.1 Å². The molecule has 2 aromatic rings. The van der Waals surface area contributed by atoms with Gasteiger partial charge in [-0.3, -0.25) is 0 Å². The third kappa shape index (κ3) is 4.61. The molecule has 0 spiro atoms. The van der Waals surface area contributed by atoms with E-state index in [1.807, 2.05) is 0 Å².